The molecule has 2 saturated heterocycles. The summed E-state index contributed by atoms with van der Waals surface area (Å²) < 4.78 is 8.90. The molecular formula is C47H60N8O6. The summed E-state index contributed by atoms with van der Waals surface area (Å²) in [6, 6.07) is 21.6. The number of aromatic amines is 2. The molecule has 14 nitrogen and oxygen atoms in total. The van der Waals surface area contributed by atoms with Crippen molar-refractivity contribution in [1.29, 1.82) is 0 Å². The van der Waals surface area contributed by atoms with Crippen molar-refractivity contribution in [2.24, 2.45) is 29.4 Å². The van der Waals surface area contributed by atoms with Crippen molar-refractivity contribution >= 4 is 34.9 Å². The van der Waals surface area contributed by atoms with E-state index in [-0.39, 0.29) is 47.6 Å². The number of nitrogens with one attached hydrogen (secondary N) is 3. The molecule has 5 N–H and O–H groups in total. The molecule has 2 aliphatic heterocycles. The van der Waals surface area contributed by atoms with Gasteiger partial charge in [0.25, 0.3) is 0 Å². The Bertz CT molecular complexity index is 2320. The molecule has 0 bridgehead atoms. The second kappa shape index (κ2) is 19.1. The van der Waals surface area contributed by atoms with Crippen LogP contribution in [0.3, 0.4) is 0 Å². The van der Waals surface area contributed by atoms with Crippen LogP contribution in [0.25, 0.3) is 44.5 Å². The number of benzene rings is 3. The van der Waals surface area contributed by atoms with E-state index in [1.54, 1.807) is 0 Å². The predicted octanol–water partition coefficient (Wildman–Crippen LogP) is 7.65. The van der Waals surface area contributed by atoms with Crippen LogP contribution in [0.1, 0.15) is 85.0 Å². The van der Waals surface area contributed by atoms with Gasteiger partial charge in [-0.05, 0) is 76.5 Å². The zero-order valence-electron chi connectivity index (χ0n) is 36.7. The van der Waals surface area contributed by atoms with Gasteiger partial charge in [0.1, 0.15) is 17.7 Å². The van der Waals surface area contributed by atoms with Crippen molar-refractivity contribution in [1.82, 2.24) is 35.1 Å². The van der Waals surface area contributed by atoms with Crippen LogP contribution in [0.5, 0.6) is 0 Å². The number of hydrogen-bond acceptors (Lipinski definition) is 9. The third kappa shape index (κ3) is 10.1. The number of carbonyl (C=O) groups is 4. The number of H-pyrrole nitrogens is 2. The average molecular weight is 833 g/mol. The topological polar surface area (TPSA) is 189 Å². The first-order valence-electron chi connectivity index (χ1n) is 21.1. The number of rotatable bonds is 10. The van der Waals surface area contributed by atoms with E-state index in [1.807, 2.05) is 49.8 Å². The quantitative estimate of drug-likeness (QED) is 0.103. The van der Waals surface area contributed by atoms with Gasteiger partial charge in [-0.1, -0.05) is 96.1 Å². The standard InChI is InChI=1S/C44H54N8O4.C3H6O2/c1-24(2)38(45)42(53)51-22-26(5)18-36(51)40-46-21-35(49-40)31-14-12-29(13-15-31)28-8-10-30(11-9-28)32-16-17-33-34(20-32)48-41(47-33)37-19-27(6)23-52(37)43(54)39(25(3)4)50-44(55)56-7;1-3(4)5-2/h8-17,20-21,24-27,36-39H,18-19,22-23,45H2,1-7H3,(H,46,49)(H,47,48)(H,50,55);1-2H3/t26-,27-,36-,37-,38-,39-;/m0./s1. The Morgan fingerprint density at radius 1 is 0.721 bits per heavy atom. The predicted molar refractivity (Wildman–Crippen MR) is 236 cm³/mol. The van der Waals surface area contributed by atoms with Gasteiger partial charge < -0.3 is 40.3 Å². The molecule has 14 heteroatoms. The Kier molecular flexibility index (Phi) is 14.0. The monoisotopic (exact) mass is 832 g/mol. The van der Waals surface area contributed by atoms with Gasteiger partial charge >= 0.3 is 12.1 Å². The van der Waals surface area contributed by atoms with Crippen molar-refractivity contribution in [2.45, 2.75) is 85.5 Å². The fraction of sp³-hybridized carbons (Fsp3) is 0.447. The zero-order valence-corrected chi connectivity index (χ0v) is 36.7. The van der Waals surface area contributed by atoms with Crippen molar-refractivity contribution in [3.63, 3.8) is 0 Å². The van der Waals surface area contributed by atoms with E-state index >= 15 is 0 Å². The lowest BCUT2D eigenvalue weighted by Crippen LogP contribution is -2.51. The minimum atomic E-state index is -0.692. The van der Waals surface area contributed by atoms with Crippen molar-refractivity contribution in [2.75, 3.05) is 27.3 Å². The van der Waals surface area contributed by atoms with Gasteiger partial charge in [0.05, 0.1) is 55.3 Å². The van der Waals surface area contributed by atoms with Crippen LogP contribution in [0.4, 0.5) is 4.79 Å². The highest BCUT2D eigenvalue weighted by atomic mass is 16.5. The summed E-state index contributed by atoms with van der Waals surface area (Å²) in [4.78, 5) is 69.0. The highest BCUT2D eigenvalue weighted by molar-refractivity contribution is 5.87. The van der Waals surface area contributed by atoms with Crippen LogP contribution >= 0.6 is 0 Å². The van der Waals surface area contributed by atoms with Gasteiger partial charge in [-0.15, -0.1) is 0 Å². The lowest BCUT2D eigenvalue weighted by atomic mass is 9.99. The first-order valence-corrected chi connectivity index (χ1v) is 21.1. The SMILES string of the molecule is COC(=O)N[C@H](C(=O)N1C[C@@H](C)C[C@H]1c1nc2ccc(-c3ccc(-c4ccc(-c5cnc([C@@H]6C[C@H](C)CN6C(=O)[C@@H](N)C(C)C)[nH]5)cc4)cc3)cc2[nH]1)C(C)C.COC(C)=O. The third-order valence-electron chi connectivity index (χ3n) is 11.7. The smallest absolute Gasteiger partial charge is 0.407 e. The largest absolute Gasteiger partial charge is 0.469 e. The van der Waals surface area contributed by atoms with Crippen molar-refractivity contribution < 1.29 is 28.7 Å². The fourth-order valence-electron chi connectivity index (χ4n) is 8.17. The number of amides is 3. The summed E-state index contributed by atoms with van der Waals surface area (Å²) in [5, 5.41) is 2.73. The highest BCUT2D eigenvalue weighted by Gasteiger charge is 2.41. The van der Waals surface area contributed by atoms with Crippen LogP contribution in [0.15, 0.2) is 72.9 Å². The molecule has 61 heavy (non-hydrogen) atoms. The molecule has 6 atom stereocenters. The van der Waals surface area contributed by atoms with Crippen LogP contribution in [-0.2, 0) is 23.9 Å². The lowest BCUT2D eigenvalue weighted by molar-refractivity contribution is -0.138. The Morgan fingerprint density at radius 2 is 1.23 bits per heavy atom. The van der Waals surface area contributed by atoms with Crippen LogP contribution < -0.4 is 11.1 Å². The Labute approximate surface area is 358 Å². The number of esters is 1. The average Bonchev–Trinajstić information content (AvgIpc) is 4.07. The van der Waals surface area contributed by atoms with E-state index in [1.165, 1.54) is 21.1 Å². The maximum atomic E-state index is 13.7. The minimum absolute atomic E-state index is 0.0118. The van der Waals surface area contributed by atoms with E-state index in [9.17, 15) is 19.2 Å². The number of nitrogens with two attached hydrogens (primary N) is 1. The summed E-state index contributed by atoms with van der Waals surface area (Å²) in [7, 11) is 2.65. The molecule has 3 aromatic carbocycles. The van der Waals surface area contributed by atoms with Gasteiger partial charge in [0.2, 0.25) is 11.8 Å². The molecule has 2 fully saturated rings. The Hall–Kier alpha value is -6.02. The lowest BCUT2D eigenvalue weighted by Gasteiger charge is -2.30. The molecule has 324 valence electrons. The molecule has 7 rings (SSSR count). The Balaban J connectivity index is 0.00000118. The second-order valence-electron chi connectivity index (χ2n) is 17.2. The summed E-state index contributed by atoms with van der Waals surface area (Å²) in [5.74, 6) is 1.79. The van der Waals surface area contributed by atoms with Gasteiger partial charge in [-0.25, -0.2) is 14.8 Å². The number of likely N-dealkylation sites (tertiary alicyclic amines) is 2. The number of hydrogen-bond donors (Lipinski definition) is 4. The number of methoxy groups -OCH3 is 2. The number of ether oxygens (including phenoxy) is 2. The number of alkyl carbamates (subject to hydrolysis) is 1. The van der Waals surface area contributed by atoms with E-state index in [2.05, 4.69) is 94.5 Å². The minimum Gasteiger partial charge on any atom is -0.469 e. The molecule has 3 amide bonds. The summed E-state index contributed by atoms with van der Waals surface area (Å²) in [6.45, 7) is 14.7. The third-order valence-corrected chi connectivity index (χ3v) is 11.7. The van der Waals surface area contributed by atoms with Gasteiger partial charge in [-0.2, -0.15) is 0 Å². The second-order valence-corrected chi connectivity index (χ2v) is 17.2. The molecule has 0 aliphatic carbocycles. The molecule has 0 unspecified atom stereocenters. The molecule has 2 aromatic heterocycles. The number of fused-ring (bicyclic) bond motifs is 1. The highest BCUT2D eigenvalue weighted by Crippen LogP contribution is 2.38. The molecule has 2 aliphatic rings. The molecule has 4 heterocycles. The molecule has 5 aromatic rings. The first-order chi connectivity index (χ1) is 29.1. The molecular weight excluding hydrogens is 773 g/mol. The van der Waals surface area contributed by atoms with Gasteiger partial charge in [0, 0.05) is 20.0 Å². The number of aromatic nitrogens is 4. The van der Waals surface area contributed by atoms with Crippen LogP contribution in [-0.4, -0.2) is 93.0 Å². The van der Waals surface area contributed by atoms with Gasteiger partial charge in [-0.3, -0.25) is 14.4 Å². The van der Waals surface area contributed by atoms with E-state index in [4.69, 9.17) is 20.4 Å². The maximum absolute atomic E-state index is 13.7. The first kappa shape index (κ1) is 44.5. The molecule has 0 saturated carbocycles. The van der Waals surface area contributed by atoms with Crippen LogP contribution in [0, 0.1) is 23.7 Å². The molecule has 0 radical (unpaired) electrons. The summed E-state index contributed by atoms with van der Waals surface area (Å²) in [5.41, 5.74) is 14.3. The maximum Gasteiger partial charge on any atom is 0.407 e. The van der Waals surface area contributed by atoms with Crippen molar-refractivity contribution in [3.05, 3.63) is 84.6 Å². The summed E-state index contributed by atoms with van der Waals surface area (Å²) in [6.07, 6.45) is 2.87. The normalized spacial score (nSPS) is 19.7. The fourth-order valence-corrected chi connectivity index (χ4v) is 8.17. The van der Waals surface area contributed by atoms with E-state index < -0.39 is 18.2 Å². The number of imidazole rings is 2. The number of nitrogens with zero attached hydrogens (tertiary/aromatic N) is 4. The Morgan fingerprint density at radius 3 is 1.75 bits per heavy atom. The zero-order chi connectivity index (χ0) is 44.1. The van der Waals surface area contributed by atoms with Crippen molar-refractivity contribution in [3.8, 4) is 33.5 Å². The van der Waals surface area contributed by atoms with Crippen LogP contribution in [0.2, 0.25) is 0 Å². The molecule has 0 spiro atoms. The van der Waals surface area contributed by atoms with E-state index in [0.29, 0.717) is 19.0 Å². The summed E-state index contributed by atoms with van der Waals surface area (Å²) >= 11 is 0. The van der Waals surface area contributed by atoms with Gasteiger partial charge in [0.15, 0.2) is 0 Å². The van der Waals surface area contributed by atoms with E-state index in [0.717, 1.165) is 69.0 Å². The number of carbonyl (C=O) groups excluding carboxylic acids is 4.